The van der Waals surface area contributed by atoms with Gasteiger partial charge in [0.05, 0.1) is 20.6 Å². The zero-order valence-corrected chi connectivity index (χ0v) is 13.4. The SMILES string of the molecule is O=c1cccc2n1C[C@H]1C[C@H]2CN2CCCC(O[Cl+3]([O-])([O-])[O-])[C@@H]12. The van der Waals surface area contributed by atoms with Crippen LogP contribution in [-0.4, -0.2) is 34.7 Å². The fourth-order valence-electron chi connectivity index (χ4n) is 4.68. The van der Waals surface area contributed by atoms with E-state index in [0.29, 0.717) is 13.0 Å². The van der Waals surface area contributed by atoms with Crippen LogP contribution >= 0.6 is 0 Å². The molecule has 23 heavy (non-hydrogen) atoms. The molecule has 0 spiro atoms. The Bertz CT molecular complexity index is 658. The number of halogens is 1. The van der Waals surface area contributed by atoms with E-state index in [4.69, 9.17) is 4.29 Å². The Morgan fingerprint density at radius 3 is 2.83 bits per heavy atom. The fourth-order valence-corrected chi connectivity index (χ4v) is 5.16. The second-order valence-electron chi connectivity index (χ2n) is 6.73. The Balaban J connectivity index is 1.66. The first-order valence-corrected chi connectivity index (χ1v) is 9.19. The van der Waals surface area contributed by atoms with Gasteiger partial charge in [0.2, 0.25) is 6.10 Å². The van der Waals surface area contributed by atoms with Crippen molar-refractivity contribution in [3.8, 4) is 0 Å². The number of nitrogens with zero attached hydrogens (tertiary/aromatic N) is 2. The normalized spacial score (nSPS) is 33.9. The molecule has 2 saturated heterocycles. The molecule has 4 rings (SSSR count). The number of pyridine rings is 1. The molecule has 3 aliphatic rings. The summed E-state index contributed by atoms with van der Waals surface area (Å²) in [5.74, 6) is 0.405. The first kappa shape index (κ1) is 15.6. The van der Waals surface area contributed by atoms with E-state index in [1.54, 1.807) is 16.7 Å². The van der Waals surface area contributed by atoms with E-state index in [0.717, 1.165) is 31.6 Å². The first-order valence-electron chi connectivity index (χ1n) is 7.95. The minimum Gasteiger partial charge on any atom is -0.312 e. The van der Waals surface area contributed by atoms with Gasteiger partial charge in [0.25, 0.3) is 5.56 Å². The molecule has 7 nitrogen and oxygen atoms in total. The highest BCUT2D eigenvalue weighted by Crippen LogP contribution is 2.42. The van der Waals surface area contributed by atoms with Gasteiger partial charge in [-0.1, -0.05) is 6.07 Å². The average molecular weight is 343 g/mol. The van der Waals surface area contributed by atoms with E-state index < -0.39 is 16.3 Å². The number of piperidine rings is 2. The lowest BCUT2D eigenvalue weighted by Gasteiger charge is -2.51. The molecule has 1 aromatic heterocycles. The van der Waals surface area contributed by atoms with Gasteiger partial charge >= 0.3 is 0 Å². The molecule has 1 unspecified atom stereocenters. The third-order valence-electron chi connectivity index (χ3n) is 5.40. The number of fused-ring (bicyclic) bond motifs is 6. The minimum atomic E-state index is -4.43. The van der Waals surface area contributed by atoms with Crippen molar-refractivity contribution >= 4 is 0 Å². The van der Waals surface area contributed by atoms with Gasteiger partial charge in [0.1, 0.15) is 0 Å². The minimum absolute atomic E-state index is 0.0199. The lowest BCUT2D eigenvalue weighted by atomic mass is 9.74. The zero-order valence-electron chi connectivity index (χ0n) is 12.6. The monoisotopic (exact) mass is 342 g/mol. The number of hydrogen-bond donors (Lipinski definition) is 0. The van der Waals surface area contributed by atoms with Crippen molar-refractivity contribution < 1.29 is 28.5 Å². The molecule has 126 valence electrons. The van der Waals surface area contributed by atoms with Crippen molar-refractivity contribution in [1.82, 2.24) is 9.47 Å². The summed E-state index contributed by atoms with van der Waals surface area (Å²) in [5, 5.41) is 0. The van der Waals surface area contributed by atoms with Crippen molar-refractivity contribution in [1.29, 1.82) is 0 Å². The summed E-state index contributed by atoms with van der Waals surface area (Å²) in [4.78, 5) is 14.4. The molecule has 8 heteroatoms. The summed E-state index contributed by atoms with van der Waals surface area (Å²) in [6.07, 6.45) is 1.67. The summed E-state index contributed by atoms with van der Waals surface area (Å²) < 4.78 is 39.7. The van der Waals surface area contributed by atoms with E-state index >= 15 is 0 Å². The maximum absolute atomic E-state index is 12.1. The molecular formula is C15H19ClN2O5. The van der Waals surface area contributed by atoms with Crippen molar-refractivity contribution in [2.75, 3.05) is 13.1 Å². The van der Waals surface area contributed by atoms with Crippen molar-refractivity contribution in [3.05, 3.63) is 34.2 Å². The van der Waals surface area contributed by atoms with E-state index in [2.05, 4.69) is 4.90 Å². The van der Waals surface area contributed by atoms with E-state index in [9.17, 15) is 18.8 Å². The molecule has 2 bridgehead atoms. The van der Waals surface area contributed by atoms with E-state index in [1.807, 2.05) is 6.07 Å². The van der Waals surface area contributed by atoms with Crippen molar-refractivity contribution in [2.45, 2.75) is 43.9 Å². The Kier molecular flexibility index (Phi) is 3.75. The maximum atomic E-state index is 12.1. The van der Waals surface area contributed by atoms with E-state index in [-0.39, 0.29) is 23.4 Å². The summed E-state index contributed by atoms with van der Waals surface area (Å²) in [6.45, 7) is 2.22. The third kappa shape index (κ3) is 2.82. The summed E-state index contributed by atoms with van der Waals surface area (Å²) in [7, 11) is -4.43. The molecule has 4 heterocycles. The zero-order chi connectivity index (χ0) is 16.2. The first-order chi connectivity index (χ1) is 10.9. The van der Waals surface area contributed by atoms with Crippen molar-refractivity contribution in [3.63, 3.8) is 0 Å². The predicted octanol–water partition coefficient (Wildman–Crippen LogP) is -2.29. The Hall–Kier alpha value is -0.960. The standard InChI is InChI=1S/C15H19ClN2O5/c19-14-5-1-3-12-10-7-11(9-18(12)14)15-13(23-16(20,21)22)4-2-6-17(15)8-10/h1,3,5,10-11,13,15H,2,4,6-9H2/t10-,11+,13?,15+/m0/s1. The van der Waals surface area contributed by atoms with Crippen LogP contribution in [-0.2, 0) is 10.8 Å². The Labute approximate surface area is 135 Å². The molecule has 0 aromatic carbocycles. The smallest absolute Gasteiger partial charge is 0.250 e. The van der Waals surface area contributed by atoms with Crippen LogP contribution in [0.5, 0.6) is 0 Å². The highest BCUT2D eigenvalue weighted by Gasteiger charge is 2.50. The number of rotatable bonds is 2. The summed E-state index contributed by atoms with van der Waals surface area (Å²) >= 11 is 0. The lowest BCUT2D eigenvalue weighted by molar-refractivity contribution is -1.92. The van der Waals surface area contributed by atoms with Gasteiger partial charge in [0, 0.05) is 30.8 Å². The third-order valence-corrected chi connectivity index (χ3v) is 5.85. The molecule has 0 amide bonds. The second kappa shape index (κ2) is 5.54. The predicted molar refractivity (Wildman–Crippen MR) is 71.0 cm³/mol. The van der Waals surface area contributed by atoms with Gasteiger partial charge in [-0.25, -0.2) is 0 Å². The molecule has 3 aliphatic heterocycles. The van der Waals surface area contributed by atoms with Crippen LogP contribution in [0.2, 0.25) is 0 Å². The quantitative estimate of drug-likeness (QED) is 0.599. The van der Waals surface area contributed by atoms with Crippen LogP contribution in [0.1, 0.15) is 30.9 Å². The van der Waals surface area contributed by atoms with Crippen molar-refractivity contribution in [2.24, 2.45) is 5.92 Å². The van der Waals surface area contributed by atoms with Crippen LogP contribution in [0.3, 0.4) is 0 Å². The van der Waals surface area contributed by atoms with Crippen LogP contribution in [0.4, 0.5) is 0 Å². The largest absolute Gasteiger partial charge is 0.312 e. The molecule has 0 saturated carbocycles. The summed E-state index contributed by atoms with van der Waals surface area (Å²) in [5.41, 5.74) is 1.04. The Morgan fingerprint density at radius 1 is 1.22 bits per heavy atom. The highest BCUT2D eigenvalue weighted by molar-refractivity contribution is 5.18. The van der Waals surface area contributed by atoms with Gasteiger partial charge in [0.15, 0.2) is 0 Å². The Morgan fingerprint density at radius 2 is 2.04 bits per heavy atom. The molecule has 4 atom stereocenters. The van der Waals surface area contributed by atoms with Gasteiger partial charge < -0.3 is 4.57 Å². The van der Waals surface area contributed by atoms with Crippen LogP contribution < -0.4 is 19.5 Å². The van der Waals surface area contributed by atoms with Gasteiger partial charge in [-0.15, -0.1) is 0 Å². The van der Waals surface area contributed by atoms with Crippen LogP contribution in [0, 0.1) is 16.2 Å². The van der Waals surface area contributed by atoms with E-state index in [1.165, 1.54) is 0 Å². The fraction of sp³-hybridized carbons (Fsp3) is 0.667. The highest BCUT2D eigenvalue weighted by atomic mass is 35.7. The molecule has 1 aromatic rings. The summed E-state index contributed by atoms with van der Waals surface area (Å²) in [6, 6.07) is 5.24. The molecule has 0 radical (unpaired) electrons. The lowest BCUT2D eigenvalue weighted by Crippen LogP contribution is -2.67. The topological polar surface area (TPSA) is 104 Å². The maximum Gasteiger partial charge on any atom is 0.250 e. The molecule has 0 aliphatic carbocycles. The van der Waals surface area contributed by atoms with Gasteiger partial charge in [-0.2, -0.15) is 14.0 Å². The van der Waals surface area contributed by atoms with Gasteiger partial charge in [-0.05, 0) is 37.8 Å². The molecule has 0 N–H and O–H groups in total. The van der Waals surface area contributed by atoms with Crippen LogP contribution in [0.15, 0.2) is 23.0 Å². The second-order valence-corrected chi connectivity index (χ2v) is 7.66. The number of aromatic nitrogens is 1. The average Bonchev–Trinajstić information content (AvgIpc) is 2.47. The number of hydrogen-bond acceptors (Lipinski definition) is 6. The molecular weight excluding hydrogens is 324 g/mol. The molecule has 2 fully saturated rings. The van der Waals surface area contributed by atoms with Gasteiger partial charge in [-0.3, -0.25) is 9.69 Å². The van der Waals surface area contributed by atoms with Crippen LogP contribution in [0.25, 0.3) is 0 Å².